The van der Waals surface area contributed by atoms with E-state index in [1.807, 2.05) is 0 Å². The second kappa shape index (κ2) is 44.7. The molecule has 0 aliphatic carbocycles. The Morgan fingerprint density at radius 2 is 0.544 bits per heavy atom. The van der Waals surface area contributed by atoms with Gasteiger partial charge in [0.25, 0.3) is 0 Å². The van der Waals surface area contributed by atoms with Gasteiger partial charge in [0.15, 0.2) is 0 Å². The summed E-state index contributed by atoms with van der Waals surface area (Å²) in [5.74, 6) is 1.90. The third-order valence-corrected chi connectivity index (χ3v) is 19.0. The molecule has 1 aliphatic rings. The van der Waals surface area contributed by atoms with Crippen LogP contribution in [0.1, 0.15) is 278 Å². The van der Waals surface area contributed by atoms with Gasteiger partial charge >= 0.3 is 0 Å². The van der Waals surface area contributed by atoms with Crippen LogP contribution in [0.25, 0.3) is 44.5 Å². The molecule has 0 bridgehead atoms. The number of unbranched alkanes of at least 4 members (excludes halogenated alkanes) is 34. The maximum atomic E-state index is 6.92. The van der Waals surface area contributed by atoms with Crippen LogP contribution in [0.5, 0.6) is 11.5 Å². The lowest BCUT2D eigenvalue weighted by atomic mass is 9.93. The summed E-state index contributed by atoms with van der Waals surface area (Å²) in [5.41, 5.74) is 13.0. The van der Waals surface area contributed by atoms with Crippen molar-refractivity contribution in [2.75, 3.05) is 13.2 Å². The summed E-state index contributed by atoms with van der Waals surface area (Å²) >= 11 is 0. The smallest absolute Gasteiger partial charge is 0.135 e. The van der Waals surface area contributed by atoms with E-state index in [0.29, 0.717) is 13.2 Å². The molecule has 0 saturated carbocycles. The topological polar surface area (TPSA) is 55.2 Å². The summed E-state index contributed by atoms with van der Waals surface area (Å²) in [7, 11) is 0. The normalized spacial score (nSPS) is 14.5. The first-order valence-corrected chi connectivity index (χ1v) is 37.2. The fourth-order valence-electron chi connectivity index (χ4n) is 13.5. The van der Waals surface area contributed by atoms with Gasteiger partial charge in [-0.2, -0.15) is 0 Å². The number of hydrogen-bond donors (Lipinski definition) is 1. The molecular weight excluding hydrogens is 1090 g/mol. The Hall–Kier alpha value is -5.78. The summed E-state index contributed by atoms with van der Waals surface area (Å²) < 4.78 is 13.8. The number of piperidine rings is 1. The van der Waals surface area contributed by atoms with Crippen molar-refractivity contribution in [2.45, 2.75) is 290 Å². The predicted molar refractivity (Wildman–Crippen MR) is 393 cm³/mol. The third-order valence-electron chi connectivity index (χ3n) is 19.0. The Morgan fingerprint density at radius 1 is 0.322 bits per heavy atom. The van der Waals surface area contributed by atoms with Crippen LogP contribution in [0.3, 0.4) is 0 Å². The third kappa shape index (κ3) is 26.8. The van der Waals surface area contributed by atoms with Crippen molar-refractivity contribution < 1.29 is 9.47 Å². The molecule has 0 radical (unpaired) electrons. The van der Waals surface area contributed by atoms with E-state index in [0.717, 1.165) is 111 Å². The lowest BCUT2D eigenvalue weighted by Crippen LogP contribution is -2.49. The van der Waals surface area contributed by atoms with Crippen molar-refractivity contribution in [1.82, 2.24) is 5.32 Å². The van der Waals surface area contributed by atoms with Crippen molar-refractivity contribution >= 4 is 22.8 Å². The minimum atomic E-state index is 0.115. The highest BCUT2D eigenvalue weighted by Gasteiger charge is 2.26. The van der Waals surface area contributed by atoms with Crippen LogP contribution in [0, 0.1) is 0 Å². The van der Waals surface area contributed by atoms with Gasteiger partial charge in [0, 0.05) is 45.8 Å². The maximum absolute atomic E-state index is 6.92. The van der Waals surface area contributed by atoms with Crippen LogP contribution in [0.15, 0.2) is 156 Å². The quantitative estimate of drug-likeness (QED) is 0.0306. The van der Waals surface area contributed by atoms with Gasteiger partial charge in [-0.05, 0) is 92.5 Å². The number of benzene rings is 6. The maximum Gasteiger partial charge on any atom is 0.135 e. The van der Waals surface area contributed by atoms with Gasteiger partial charge in [-0.3, -0.25) is 9.98 Å². The molecule has 0 aromatic heterocycles. The van der Waals surface area contributed by atoms with E-state index in [4.69, 9.17) is 19.5 Å². The standard InChI is InChI=1S/C85H121N3O2/c1-5-7-9-11-13-15-17-19-21-23-25-27-29-31-33-35-37-51-64-89-84-78(72-54-43-39-44-55-72)66-76(67-79(84)73-56-45-40-46-57-73)86-70(3)82-62-53-63-83(88-82)71(4)87-77-68-80(74-58-47-41-48-59-74)85(81(69-77)75-60-49-42-50-61-75)90-65-52-38-36-34-32-30-28-26-24-22-20-18-16-14-12-10-8-6-2/h39-50,54-61,66-69,82-83,88H,5-38,51-53,62-65H2,1-4H3. The van der Waals surface area contributed by atoms with E-state index >= 15 is 0 Å². The first kappa shape index (κ1) is 71.7. The van der Waals surface area contributed by atoms with E-state index in [1.165, 1.54) is 218 Å². The Kier molecular flexibility index (Phi) is 35.6. The number of nitrogens with zero attached hydrogens (tertiary/aromatic N) is 2. The Balaban J connectivity index is 0.944. The predicted octanol–water partition coefficient (Wildman–Crippen LogP) is 26.6. The zero-order valence-electron chi connectivity index (χ0n) is 57.2. The molecule has 1 N–H and O–H groups in total. The zero-order chi connectivity index (χ0) is 62.7. The summed E-state index contributed by atoms with van der Waals surface area (Å²) in [6.45, 7) is 10.4. The number of nitrogens with one attached hydrogen (secondary N) is 1. The van der Waals surface area contributed by atoms with Crippen molar-refractivity contribution in [1.29, 1.82) is 0 Å². The van der Waals surface area contributed by atoms with Crippen molar-refractivity contribution in [3.8, 4) is 56.0 Å². The van der Waals surface area contributed by atoms with E-state index in [2.05, 4.69) is 179 Å². The summed E-state index contributed by atoms with van der Waals surface area (Å²) in [5, 5.41) is 4.04. The molecule has 0 amide bonds. The molecule has 5 heteroatoms. The van der Waals surface area contributed by atoms with E-state index < -0.39 is 0 Å². The number of rotatable bonds is 48. The molecule has 6 aromatic rings. The highest BCUT2D eigenvalue weighted by atomic mass is 16.5. The molecule has 7 rings (SSSR count). The van der Waals surface area contributed by atoms with Gasteiger partial charge in [0.05, 0.1) is 24.6 Å². The van der Waals surface area contributed by atoms with Gasteiger partial charge in [-0.15, -0.1) is 0 Å². The first-order chi connectivity index (χ1) is 44.5. The lowest BCUT2D eigenvalue weighted by Gasteiger charge is -2.31. The largest absolute Gasteiger partial charge is 0.492 e. The molecule has 1 saturated heterocycles. The van der Waals surface area contributed by atoms with Crippen LogP contribution in [0.2, 0.25) is 0 Å². The molecule has 1 heterocycles. The molecule has 2 atom stereocenters. The number of ether oxygens (including phenoxy) is 2. The molecule has 90 heavy (non-hydrogen) atoms. The van der Waals surface area contributed by atoms with Crippen LogP contribution in [-0.2, 0) is 0 Å². The average Bonchev–Trinajstić information content (AvgIpc) is 0.963. The van der Waals surface area contributed by atoms with Gasteiger partial charge in [0.2, 0.25) is 0 Å². The van der Waals surface area contributed by atoms with Crippen molar-refractivity contribution in [3.05, 3.63) is 146 Å². The fraction of sp³-hybridized carbons (Fsp3) is 0.553. The van der Waals surface area contributed by atoms with Crippen LogP contribution >= 0.6 is 0 Å². The second-order valence-electron chi connectivity index (χ2n) is 26.6. The van der Waals surface area contributed by atoms with Gasteiger partial charge in [0.1, 0.15) is 11.5 Å². The Bertz CT molecular complexity index is 2550. The minimum absolute atomic E-state index is 0.115. The number of hydrogen-bond acceptors (Lipinski definition) is 5. The Labute approximate surface area is 549 Å². The molecule has 1 fully saturated rings. The molecule has 1 aliphatic heterocycles. The molecule has 6 aromatic carbocycles. The zero-order valence-corrected chi connectivity index (χ0v) is 57.2. The average molecular weight is 1220 g/mol. The van der Waals surface area contributed by atoms with Gasteiger partial charge < -0.3 is 14.8 Å². The van der Waals surface area contributed by atoms with Crippen LogP contribution in [-0.4, -0.2) is 36.7 Å². The van der Waals surface area contributed by atoms with Crippen molar-refractivity contribution in [2.24, 2.45) is 9.98 Å². The van der Waals surface area contributed by atoms with E-state index in [9.17, 15) is 0 Å². The van der Waals surface area contributed by atoms with Gasteiger partial charge in [-0.1, -0.05) is 353 Å². The monoisotopic (exact) mass is 1220 g/mol. The van der Waals surface area contributed by atoms with Crippen LogP contribution < -0.4 is 14.8 Å². The lowest BCUT2D eigenvalue weighted by molar-refractivity contribution is 0.306. The summed E-state index contributed by atoms with van der Waals surface area (Å²) in [6, 6.07) is 52.4. The van der Waals surface area contributed by atoms with Gasteiger partial charge in [-0.25, -0.2) is 0 Å². The highest BCUT2D eigenvalue weighted by molar-refractivity contribution is 5.95. The SMILES string of the molecule is CCCCCCCCCCCCCCCCCCCCOc1c(-c2ccccc2)cc(N=C(C)C2CCCC(C(C)=Nc3cc(-c4ccccc4)c(OCCCCCCCCCCCCCCCCCCCC)c(-c4ccccc4)c3)N2)cc1-c1ccccc1. The summed E-state index contributed by atoms with van der Waals surface area (Å²) in [4.78, 5) is 11.0. The van der Waals surface area contributed by atoms with E-state index in [1.54, 1.807) is 0 Å². The Morgan fingerprint density at radius 3 is 0.778 bits per heavy atom. The number of aliphatic imine (C=N–C) groups is 2. The van der Waals surface area contributed by atoms with Crippen LogP contribution in [0.4, 0.5) is 11.4 Å². The molecule has 0 spiro atoms. The molecule has 2 unspecified atom stereocenters. The fourth-order valence-corrected chi connectivity index (χ4v) is 13.5. The molecular formula is C85H121N3O2. The molecule has 488 valence electrons. The van der Waals surface area contributed by atoms with Crippen molar-refractivity contribution in [3.63, 3.8) is 0 Å². The first-order valence-electron chi connectivity index (χ1n) is 37.2. The summed E-state index contributed by atoms with van der Waals surface area (Å²) in [6.07, 6.45) is 52.4. The second-order valence-corrected chi connectivity index (χ2v) is 26.6. The minimum Gasteiger partial charge on any atom is -0.492 e. The highest BCUT2D eigenvalue weighted by Crippen LogP contribution is 2.45. The van der Waals surface area contributed by atoms with E-state index in [-0.39, 0.29) is 12.1 Å². The molecule has 5 nitrogen and oxygen atoms in total.